The molecule has 16 heteroatoms. The van der Waals surface area contributed by atoms with E-state index in [1.54, 1.807) is 52.0 Å². The molecule has 1 saturated heterocycles. The van der Waals surface area contributed by atoms with Crippen LogP contribution in [0.4, 0.5) is 0 Å². The monoisotopic (exact) mass is 880 g/mol. The molecule has 15 nitrogen and oxygen atoms in total. The lowest BCUT2D eigenvalue weighted by atomic mass is 9.83. The smallest absolute Gasteiger partial charge is 0.328 e. The summed E-state index contributed by atoms with van der Waals surface area (Å²) in [5.74, 6) is -2.75. The summed E-state index contributed by atoms with van der Waals surface area (Å²) in [5.41, 5.74) is 7.13. The molecule has 0 radical (unpaired) electrons. The van der Waals surface area contributed by atoms with Crippen molar-refractivity contribution >= 4 is 47.1 Å². The standard InChI is InChI=1S/C46H65ClN6O9/c1-24(2)20-34-44(58)61-35(26(5)39-40(62-39)31-17-14-29(15-18-31)23-49-41(55)27(6)50-43(57)38(48)25(3)4)12-11-13-37(54)52-33(22-30-16-19-36(60-10)32(47)21-30)42(56)51-28(7)46(8,9)45(59)53-34/h11,13-19,21,24-28,33-35,38-40H,12,20,22-23,48H2,1-10H3,(H,49,55)(H,50,57)(H,51,56)(H,52,54)(H,53,59)/b13-11+/t26-,27-,28?,33+,34-,35-,38-,39+,40+/m0/s1. The number of hydrogen-bond acceptors (Lipinski definition) is 10. The number of ether oxygens (including phenoxy) is 3. The van der Waals surface area contributed by atoms with Gasteiger partial charge in [-0.15, -0.1) is 0 Å². The Bertz CT molecular complexity index is 1950. The highest BCUT2D eigenvalue weighted by Crippen LogP contribution is 2.45. The summed E-state index contributed by atoms with van der Waals surface area (Å²) in [4.78, 5) is 80.1. The van der Waals surface area contributed by atoms with E-state index < -0.39 is 65.4 Å². The van der Waals surface area contributed by atoms with Crippen LogP contribution in [0.1, 0.15) is 97.9 Å². The molecule has 0 spiro atoms. The summed E-state index contributed by atoms with van der Waals surface area (Å²) in [6.45, 7) is 16.4. The minimum Gasteiger partial charge on any atom is -0.495 e. The van der Waals surface area contributed by atoms with E-state index in [0.717, 1.165) is 11.1 Å². The topological polar surface area (TPSA) is 220 Å². The largest absolute Gasteiger partial charge is 0.495 e. The quantitative estimate of drug-likeness (QED) is 0.117. The number of cyclic esters (lactones) is 1. The Balaban J connectivity index is 1.52. The molecule has 7 N–H and O–H groups in total. The van der Waals surface area contributed by atoms with Crippen LogP contribution in [0.3, 0.4) is 0 Å². The molecule has 0 aromatic heterocycles. The van der Waals surface area contributed by atoms with E-state index in [9.17, 15) is 28.8 Å². The number of nitrogens with two attached hydrogens (primary N) is 1. The van der Waals surface area contributed by atoms with Crippen molar-refractivity contribution < 1.29 is 43.0 Å². The molecule has 0 saturated carbocycles. The summed E-state index contributed by atoms with van der Waals surface area (Å²) in [6.07, 6.45) is 2.08. The Labute approximate surface area is 370 Å². The molecule has 1 unspecified atom stereocenters. The van der Waals surface area contributed by atoms with E-state index in [1.807, 2.05) is 58.9 Å². The Morgan fingerprint density at radius 1 is 0.935 bits per heavy atom. The van der Waals surface area contributed by atoms with Gasteiger partial charge in [0.2, 0.25) is 29.5 Å². The first-order chi connectivity index (χ1) is 29.1. The van der Waals surface area contributed by atoms with Gasteiger partial charge in [-0.1, -0.05) is 82.6 Å². The van der Waals surface area contributed by atoms with Gasteiger partial charge in [0.25, 0.3) is 0 Å². The van der Waals surface area contributed by atoms with Crippen molar-refractivity contribution in [1.29, 1.82) is 0 Å². The van der Waals surface area contributed by atoms with Crippen LogP contribution in [0.5, 0.6) is 5.75 Å². The third-order valence-corrected chi connectivity index (χ3v) is 12.0. The Hall–Kier alpha value is -4.99. The van der Waals surface area contributed by atoms with Gasteiger partial charge >= 0.3 is 5.97 Å². The van der Waals surface area contributed by atoms with E-state index in [1.165, 1.54) is 13.2 Å². The zero-order chi connectivity index (χ0) is 46.1. The fourth-order valence-corrected chi connectivity index (χ4v) is 7.26. The summed E-state index contributed by atoms with van der Waals surface area (Å²) >= 11 is 6.38. The second-order valence-corrected chi connectivity index (χ2v) is 18.2. The van der Waals surface area contributed by atoms with E-state index in [0.29, 0.717) is 22.8 Å². The summed E-state index contributed by atoms with van der Waals surface area (Å²) in [6, 6.07) is 8.49. The van der Waals surface area contributed by atoms with Crippen molar-refractivity contribution in [2.45, 2.75) is 137 Å². The summed E-state index contributed by atoms with van der Waals surface area (Å²) in [7, 11) is 1.50. The summed E-state index contributed by atoms with van der Waals surface area (Å²) < 4.78 is 17.6. The van der Waals surface area contributed by atoms with Gasteiger partial charge in [0.15, 0.2) is 0 Å². The molecular formula is C46H65ClN6O9. The number of carbonyl (C=O) groups is 6. The van der Waals surface area contributed by atoms with Crippen molar-refractivity contribution in [3.05, 3.63) is 76.3 Å². The van der Waals surface area contributed by atoms with Crippen LogP contribution in [0, 0.1) is 23.2 Å². The maximum absolute atomic E-state index is 14.0. The number of methoxy groups -OCH3 is 1. The number of benzene rings is 2. The Morgan fingerprint density at radius 2 is 1.60 bits per heavy atom. The van der Waals surface area contributed by atoms with Gasteiger partial charge in [-0.25, -0.2) is 4.79 Å². The van der Waals surface area contributed by atoms with E-state index in [4.69, 9.17) is 31.5 Å². The normalized spacial score (nSPS) is 25.3. The fraction of sp³-hybridized carbons (Fsp3) is 0.565. The van der Waals surface area contributed by atoms with Crippen molar-refractivity contribution in [2.75, 3.05) is 7.11 Å². The van der Waals surface area contributed by atoms with Crippen molar-refractivity contribution in [1.82, 2.24) is 26.6 Å². The molecule has 5 amide bonds. The van der Waals surface area contributed by atoms with Gasteiger partial charge in [-0.05, 0) is 80.9 Å². The predicted octanol–water partition coefficient (Wildman–Crippen LogP) is 4.19. The number of epoxide rings is 1. The number of carbonyl (C=O) groups excluding carboxylic acids is 6. The Kier molecular flexibility index (Phi) is 17.5. The van der Waals surface area contributed by atoms with Crippen LogP contribution in [0.15, 0.2) is 54.6 Å². The van der Waals surface area contributed by atoms with E-state index in [2.05, 4.69) is 26.6 Å². The number of amides is 5. The zero-order valence-electron chi connectivity index (χ0n) is 37.5. The van der Waals surface area contributed by atoms with Crippen LogP contribution in [0.2, 0.25) is 5.02 Å². The Morgan fingerprint density at radius 3 is 2.21 bits per heavy atom. The first-order valence-electron chi connectivity index (χ1n) is 21.3. The lowest BCUT2D eigenvalue weighted by molar-refractivity contribution is -0.157. The molecule has 2 aromatic carbocycles. The average Bonchev–Trinajstić information content (AvgIpc) is 4.02. The van der Waals surface area contributed by atoms with Crippen LogP contribution in [-0.4, -0.2) is 85.0 Å². The molecule has 2 aliphatic rings. The minimum absolute atomic E-state index is 0.0238. The number of nitrogens with one attached hydrogen (secondary N) is 5. The first kappa shape index (κ1) is 49.7. The fourth-order valence-electron chi connectivity index (χ4n) is 6.98. The van der Waals surface area contributed by atoms with Crippen molar-refractivity contribution in [3.8, 4) is 5.75 Å². The number of halogens is 1. The number of esters is 1. The van der Waals surface area contributed by atoms with Gasteiger partial charge in [-0.3, -0.25) is 24.0 Å². The third-order valence-electron chi connectivity index (χ3n) is 11.7. The molecule has 9 atom stereocenters. The van der Waals surface area contributed by atoms with Gasteiger partial charge in [-0.2, -0.15) is 0 Å². The molecule has 2 heterocycles. The second kappa shape index (κ2) is 21.9. The highest BCUT2D eigenvalue weighted by atomic mass is 35.5. The predicted molar refractivity (Wildman–Crippen MR) is 236 cm³/mol. The maximum Gasteiger partial charge on any atom is 0.328 e. The highest BCUT2D eigenvalue weighted by Gasteiger charge is 2.48. The molecular weight excluding hydrogens is 816 g/mol. The molecule has 2 aliphatic heterocycles. The van der Waals surface area contributed by atoms with Crippen molar-refractivity contribution in [2.24, 2.45) is 28.9 Å². The van der Waals surface area contributed by atoms with E-state index >= 15 is 0 Å². The molecule has 62 heavy (non-hydrogen) atoms. The maximum atomic E-state index is 14.0. The van der Waals surface area contributed by atoms with E-state index in [-0.39, 0.29) is 61.2 Å². The van der Waals surface area contributed by atoms with Crippen LogP contribution in [0.25, 0.3) is 0 Å². The number of rotatable bonds is 14. The molecule has 0 aliphatic carbocycles. The minimum atomic E-state index is -1.18. The van der Waals surface area contributed by atoms with Gasteiger partial charge in [0.05, 0.1) is 29.7 Å². The molecule has 0 bridgehead atoms. The zero-order valence-corrected chi connectivity index (χ0v) is 38.3. The lowest BCUT2D eigenvalue weighted by Crippen LogP contribution is -2.58. The molecule has 1 fully saturated rings. The molecule has 2 aromatic rings. The third kappa shape index (κ3) is 13.5. The highest BCUT2D eigenvalue weighted by molar-refractivity contribution is 6.32. The SMILES string of the molecule is COc1ccc(C[C@H]2NC(=O)/C=C/C[C@@H]([C@H](C)[C@H]3O[C@@H]3c3ccc(CNC(=O)[C@H](C)NC(=O)[C@@H](N)C(C)C)cc3)OC(=O)[C@H](CC(C)C)NC(=O)C(C)(C)C(C)NC2=O)cc1Cl. The average molecular weight is 882 g/mol. The van der Waals surface area contributed by atoms with Crippen LogP contribution >= 0.6 is 11.6 Å². The molecule has 340 valence electrons. The number of hydrogen-bond donors (Lipinski definition) is 6. The van der Waals surface area contributed by atoms with Gasteiger partial charge < -0.3 is 46.5 Å². The van der Waals surface area contributed by atoms with Gasteiger partial charge in [0, 0.05) is 31.3 Å². The van der Waals surface area contributed by atoms with Crippen molar-refractivity contribution in [3.63, 3.8) is 0 Å². The van der Waals surface area contributed by atoms with Crippen LogP contribution in [-0.2, 0) is 51.2 Å². The first-order valence-corrected chi connectivity index (χ1v) is 21.7. The molecule has 4 rings (SSSR count). The second-order valence-electron chi connectivity index (χ2n) is 17.8. The summed E-state index contributed by atoms with van der Waals surface area (Å²) in [5, 5.41) is 14.5. The van der Waals surface area contributed by atoms with Crippen LogP contribution < -0.4 is 37.1 Å². The lowest BCUT2D eigenvalue weighted by Gasteiger charge is -2.34. The van der Waals surface area contributed by atoms with Gasteiger partial charge in [0.1, 0.15) is 36.1 Å².